The van der Waals surface area contributed by atoms with Crippen molar-refractivity contribution in [2.75, 3.05) is 0 Å². The van der Waals surface area contributed by atoms with Crippen molar-refractivity contribution in [2.45, 2.75) is 51.6 Å². The highest BCUT2D eigenvalue weighted by Gasteiger charge is 2.30. The molecule has 0 saturated carbocycles. The van der Waals surface area contributed by atoms with Crippen molar-refractivity contribution in [2.24, 2.45) is 0 Å². The Kier molecular flexibility index (Phi) is 6.64. The van der Waals surface area contributed by atoms with Crippen LogP contribution in [0.1, 0.15) is 50.2 Å². The maximum atomic E-state index is 12.5. The van der Waals surface area contributed by atoms with Crippen LogP contribution in [0.4, 0.5) is 13.2 Å². The molecule has 0 N–H and O–H groups in total. The molecule has 0 atom stereocenters. The molecule has 0 amide bonds. The van der Waals surface area contributed by atoms with Crippen LogP contribution in [0, 0.1) is 0 Å². The standard InChI is InChI=1S/C19H22F3NO/c1-2-3-4-5-6-7-15-8-13-18(23-14-15)24-17-11-9-16(10-12-17)19(20,21)22/h8-14H,2-7H2,1H3. The molecular weight excluding hydrogens is 315 g/mol. The Labute approximate surface area is 140 Å². The molecule has 0 saturated heterocycles. The zero-order valence-corrected chi connectivity index (χ0v) is 13.8. The van der Waals surface area contributed by atoms with Gasteiger partial charge in [-0.05, 0) is 42.7 Å². The molecule has 0 bridgehead atoms. The second-order valence-corrected chi connectivity index (χ2v) is 5.79. The van der Waals surface area contributed by atoms with Crippen molar-refractivity contribution in [1.29, 1.82) is 0 Å². The first kappa shape index (κ1) is 18.3. The summed E-state index contributed by atoms with van der Waals surface area (Å²) in [5.74, 6) is 0.715. The molecule has 0 aliphatic heterocycles. The Balaban J connectivity index is 1.85. The van der Waals surface area contributed by atoms with E-state index in [0.717, 1.165) is 30.5 Å². The van der Waals surface area contributed by atoms with Gasteiger partial charge in [-0.2, -0.15) is 13.2 Å². The maximum Gasteiger partial charge on any atom is 0.416 e. The Morgan fingerprint density at radius 2 is 1.62 bits per heavy atom. The molecule has 0 aliphatic rings. The number of nitrogens with zero attached hydrogens (tertiary/aromatic N) is 1. The van der Waals surface area contributed by atoms with E-state index in [9.17, 15) is 13.2 Å². The van der Waals surface area contributed by atoms with Gasteiger partial charge in [0.05, 0.1) is 5.56 Å². The summed E-state index contributed by atoms with van der Waals surface area (Å²) < 4.78 is 43.0. The summed E-state index contributed by atoms with van der Waals surface area (Å²) in [6.45, 7) is 2.19. The van der Waals surface area contributed by atoms with E-state index in [1.807, 2.05) is 6.07 Å². The van der Waals surface area contributed by atoms with Crippen LogP contribution in [0.25, 0.3) is 0 Å². The lowest BCUT2D eigenvalue weighted by atomic mass is 10.1. The van der Waals surface area contributed by atoms with Gasteiger partial charge in [-0.1, -0.05) is 38.7 Å². The Bertz CT molecular complexity index is 606. The number of pyridine rings is 1. The number of aryl methyl sites for hydroxylation is 1. The van der Waals surface area contributed by atoms with Crippen molar-refractivity contribution in [3.63, 3.8) is 0 Å². The van der Waals surface area contributed by atoms with E-state index in [-0.39, 0.29) is 0 Å². The molecule has 5 heteroatoms. The normalized spacial score (nSPS) is 11.5. The lowest BCUT2D eigenvalue weighted by Gasteiger charge is -2.09. The Morgan fingerprint density at radius 1 is 0.917 bits per heavy atom. The van der Waals surface area contributed by atoms with E-state index in [0.29, 0.717) is 11.6 Å². The minimum atomic E-state index is -4.34. The number of hydrogen-bond acceptors (Lipinski definition) is 2. The van der Waals surface area contributed by atoms with Crippen LogP contribution in [0.5, 0.6) is 11.6 Å². The van der Waals surface area contributed by atoms with Crippen LogP contribution in [0.3, 0.4) is 0 Å². The average molecular weight is 337 g/mol. The van der Waals surface area contributed by atoms with E-state index in [1.165, 1.54) is 37.8 Å². The third-order valence-electron chi connectivity index (χ3n) is 3.77. The average Bonchev–Trinajstić information content (AvgIpc) is 2.56. The molecule has 24 heavy (non-hydrogen) atoms. The molecule has 0 spiro atoms. The van der Waals surface area contributed by atoms with E-state index in [4.69, 9.17) is 4.74 Å². The SMILES string of the molecule is CCCCCCCc1ccc(Oc2ccc(C(F)(F)F)cc2)nc1. The summed E-state index contributed by atoms with van der Waals surface area (Å²) in [5.41, 5.74) is 0.451. The molecular formula is C19H22F3NO. The summed E-state index contributed by atoms with van der Waals surface area (Å²) >= 11 is 0. The Hall–Kier alpha value is -2.04. The van der Waals surface area contributed by atoms with Crippen LogP contribution in [0.15, 0.2) is 42.6 Å². The second-order valence-electron chi connectivity index (χ2n) is 5.79. The monoisotopic (exact) mass is 337 g/mol. The highest BCUT2D eigenvalue weighted by Crippen LogP contribution is 2.31. The van der Waals surface area contributed by atoms with E-state index in [2.05, 4.69) is 11.9 Å². The molecule has 130 valence electrons. The lowest BCUT2D eigenvalue weighted by Crippen LogP contribution is -2.04. The summed E-state index contributed by atoms with van der Waals surface area (Å²) in [5, 5.41) is 0. The van der Waals surface area contributed by atoms with Crippen LogP contribution in [-0.2, 0) is 12.6 Å². The zero-order chi connectivity index (χ0) is 17.4. The fourth-order valence-electron chi connectivity index (χ4n) is 2.38. The number of benzene rings is 1. The molecule has 0 unspecified atom stereocenters. The van der Waals surface area contributed by atoms with Crippen LogP contribution in [-0.4, -0.2) is 4.98 Å². The number of halogens is 3. The first-order valence-electron chi connectivity index (χ1n) is 8.29. The van der Waals surface area contributed by atoms with Gasteiger partial charge >= 0.3 is 6.18 Å². The van der Waals surface area contributed by atoms with E-state index >= 15 is 0 Å². The quantitative estimate of drug-likeness (QED) is 0.520. The van der Waals surface area contributed by atoms with Gasteiger partial charge in [0, 0.05) is 12.3 Å². The van der Waals surface area contributed by atoms with Gasteiger partial charge in [0.15, 0.2) is 0 Å². The molecule has 0 radical (unpaired) electrons. The molecule has 2 nitrogen and oxygen atoms in total. The van der Waals surface area contributed by atoms with Gasteiger partial charge < -0.3 is 4.74 Å². The minimum Gasteiger partial charge on any atom is -0.439 e. The van der Waals surface area contributed by atoms with Gasteiger partial charge in [0.1, 0.15) is 5.75 Å². The first-order chi connectivity index (χ1) is 11.5. The van der Waals surface area contributed by atoms with E-state index < -0.39 is 11.7 Å². The molecule has 0 fully saturated rings. The molecule has 2 aromatic rings. The zero-order valence-electron chi connectivity index (χ0n) is 13.8. The fraction of sp³-hybridized carbons (Fsp3) is 0.421. The van der Waals surface area contributed by atoms with Crippen molar-refractivity contribution in [3.05, 3.63) is 53.7 Å². The summed E-state index contributed by atoms with van der Waals surface area (Å²) in [6.07, 6.45) is 4.54. The van der Waals surface area contributed by atoms with Crippen LogP contribution >= 0.6 is 0 Å². The van der Waals surface area contributed by atoms with Gasteiger partial charge in [0.25, 0.3) is 0 Å². The number of alkyl halides is 3. The van der Waals surface area contributed by atoms with Crippen molar-refractivity contribution in [1.82, 2.24) is 4.98 Å². The highest BCUT2D eigenvalue weighted by atomic mass is 19.4. The maximum absolute atomic E-state index is 12.5. The van der Waals surface area contributed by atoms with Crippen molar-refractivity contribution < 1.29 is 17.9 Å². The fourth-order valence-corrected chi connectivity index (χ4v) is 2.38. The Morgan fingerprint density at radius 3 is 2.21 bits per heavy atom. The topological polar surface area (TPSA) is 22.1 Å². The first-order valence-corrected chi connectivity index (χ1v) is 8.29. The summed E-state index contributed by atoms with van der Waals surface area (Å²) in [7, 11) is 0. The number of unbranched alkanes of at least 4 members (excludes halogenated alkanes) is 4. The number of aromatic nitrogens is 1. The van der Waals surface area contributed by atoms with Crippen LogP contribution in [0.2, 0.25) is 0 Å². The number of ether oxygens (including phenoxy) is 1. The summed E-state index contributed by atoms with van der Waals surface area (Å²) in [6, 6.07) is 8.30. The van der Waals surface area contributed by atoms with Gasteiger partial charge in [-0.25, -0.2) is 4.98 Å². The molecule has 2 rings (SSSR count). The minimum absolute atomic E-state index is 0.336. The molecule has 1 heterocycles. The third-order valence-corrected chi connectivity index (χ3v) is 3.77. The van der Waals surface area contributed by atoms with E-state index in [1.54, 1.807) is 12.3 Å². The molecule has 0 aliphatic carbocycles. The smallest absolute Gasteiger partial charge is 0.416 e. The number of rotatable bonds is 8. The van der Waals surface area contributed by atoms with Gasteiger partial charge in [-0.15, -0.1) is 0 Å². The third kappa shape index (κ3) is 5.87. The predicted molar refractivity (Wildman–Crippen MR) is 88.2 cm³/mol. The van der Waals surface area contributed by atoms with Crippen molar-refractivity contribution in [3.8, 4) is 11.6 Å². The molecule has 1 aromatic heterocycles. The predicted octanol–water partition coefficient (Wildman–Crippen LogP) is 6.41. The largest absolute Gasteiger partial charge is 0.439 e. The lowest BCUT2D eigenvalue weighted by molar-refractivity contribution is -0.137. The second kappa shape index (κ2) is 8.71. The highest BCUT2D eigenvalue weighted by molar-refractivity contribution is 5.32. The number of hydrogen-bond donors (Lipinski definition) is 0. The van der Waals surface area contributed by atoms with Gasteiger partial charge in [-0.3, -0.25) is 0 Å². The van der Waals surface area contributed by atoms with Crippen LogP contribution < -0.4 is 4.74 Å². The summed E-state index contributed by atoms with van der Waals surface area (Å²) in [4.78, 5) is 4.22. The molecule has 1 aromatic carbocycles. The van der Waals surface area contributed by atoms with Gasteiger partial charge in [0.2, 0.25) is 5.88 Å². The van der Waals surface area contributed by atoms with Crippen molar-refractivity contribution >= 4 is 0 Å².